The lowest BCUT2D eigenvalue weighted by atomic mass is 10.3. The summed E-state index contributed by atoms with van der Waals surface area (Å²) >= 11 is 5.91. The predicted octanol–water partition coefficient (Wildman–Crippen LogP) is 2.76. The molecule has 0 amide bonds. The zero-order valence-corrected chi connectivity index (χ0v) is 7.84. The summed E-state index contributed by atoms with van der Waals surface area (Å²) in [5.74, 6) is 0.946. The van der Waals surface area contributed by atoms with Crippen molar-refractivity contribution in [2.75, 3.05) is 0 Å². The Morgan fingerprint density at radius 3 is 2.45 bits per heavy atom. The second-order valence-corrected chi connectivity index (χ2v) is 3.56. The highest BCUT2D eigenvalue weighted by Crippen LogP contribution is 2.20. The lowest BCUT2D eigenvalue weighted by Crippen LogP contribution is -2.05. The van der Waals surface area contributed by atoms with Crippen molar-refractivity contribution in [2.24, 2.45) is 0 Å². The van der Waals surface area contributed by atoms with Crippen LogP contribution in [0, 0.1) is 0 Å². The fourth-order valence-corrected chi connectivity index (χ4v) is 1.24. The van der Waals surface area contributed by atoms with Crippen LogP contribution in [0.5, 0.6) is 0 Å². The predicted molar refractivity (Wildman–Crippen MR) is 46.9 cm³/mol. The minimum atomic E-state index is -0.00704. The van der Waals surface area contributed by atoms with Crippen LogP contribution in [-0.2, 0) is 0 Å². The van der Waals surface area contributed by atoms with E-state index in [4.69, 9.17) is 11.6 Å². The van der Waals surface area contributed by atoms with E-state index in [9.17, 15) is 0 Å². The summed E-state index contributed by atoms with van der Waals surface area (Å²) in [5, 5.41) is -0.00704. The minimum Gasteiger partial charge on any atom is -0.331 e. The quantitative estimate of drug-likeness (QED) is 0.628. The second kappa shape index (κ2) is 3.26. The van der Waals surface area contributed by atoms with Gasteiger partial charge in [0.05, 0.1) is 5.38 Å². The molecule has 0 spiro atoms. The zero-order chi connectivity index (χ0) is 8.43. The standard InChI is InChI=1S/C8H13ClN2/c1-6(2)11-5-4-10-8(11)7(3)9/h4-7H,1-3H3. The molecule has 1 unspecified atom stereocenters. The summed E-state index contributed by atoms with van der Waals surface area (Å²) in [6.07, 6.45) is 3.74. The van der Waals surface area contributed by atoms with Gasteiger partial charge in [-0.2, -0.15) is 0 Å². The summed E-state index contributed by atoms with van der Waals surface area (Å²) in [6.45, 7) is 6.16. The molecule has 0 N–H and O–H groups in total. The van der Waals surface area contributed by atoms with Gasteiger partial charge in [0.2, 0.25) is 0 Å². The van der Waals surface area contributed by atoms with Crippen LogP contribution >= 0.6 is 11.6 Å². The number of imidazole rings is 1. The fraction of sp³-hybridized carbons (Fsp3) is 0.625. The molecular formula is C8H13ClN2. The van der Waals surface area contributed by atoms with E-state index in [0.29, 0.717) is 6.04 Å². The Labute approximate surface area is 72.2 Å². The van der Waals surface area contributed by atoms with Gasteiger partial charge in [0.1, 0.15) is 5.82 Å². The first-order chi connectivity index (χ1) is 5.13. The van der Waals surface area contributed by atoms with Crippen LogP contribution in [0.4, 0.5) is 0 Å². The van der Waals surface area contributed by atoms with Crippen molar-refractivity contribution in [1.29, 1.82) is 0 Å². The molecule has 0 fully saturated rings. The molecule has 1 atom stereocenters. The van der Waals surface area contributed by atoms with E-state index >= 15 is 0 Å². The Bertz CT molecular complexity index is 205. The van der Waals surface area contributed by atoms with Gasteiger partial charge in [-0.05, 0) is 20.8 Å². The molecule has 0 aromatic carbocycles. The number of alkyl halides is 1. The van der Waals surface area contributed by atoms with E-state index in [0.717, 1.165) is 5.82 Å². The Balaban J connectivity index is 2.96. The highest BCUT2D eigenvalue weighted by molar-refractivity contribution is 6.20. The van der Waals surface area contributed by atoms with Crippen molar-refractivity contribution in [3.05, 3.63) is 18.2 Å². The maximum absolute atomic E-state index is 5.91. The van der Waals surface area contributed by atoms with E-state index in [1.165, 1.54) is 0 Å². The van der Waals surface area contributed by atoms with Gasteiger partial charge in [-0.3, -0.25) is 0 Å². The van der Waals surface area contributed by atoms with Gasteiger partial charge in [-0.1, -0.05) is 0 Å². The van der Waals surface area contributed by atoms with Crippen molar-refractivity contribution in [3.8, 4) is 0 Å². The highest BCUT2D eigenvalue weighted by atomic mass is 35.5. The molecule has 11 heavy (non-hydrogen) atoms. The maximum atomic E-state index is 5.91. The first-order valence-electron chi connectivity index (χ1n) is 3.79. The molecule has 62 valence electrons. The molecular weight excluding hydrogens is 160 g/mol. The van der Waals surface area contributed by atoms with Crippen LogP contribution in [0.3, 0.4) is 0 Å². The van der Waals surface area contributed by atoms with Crippen molar-refractivity contribution < 1.29 is 0 Å². The molecule has 1 rings (SSSR count). The van der Waals surface area contributed by atoms with Crippen LogP contribution in [-0.4, -0.2) is 9.55 Å². The van der Waals surface area contributed by atoms with Crippen molar-refractivity contribution >= 4 is 11.6 Å². The van der Waals surface area contributed by atoms with Gasteiger partial charge in [-0.15, -0.1) is 11.6 Å². The molecule has 0 aliphatic heterocycles. The molecule has 0 saturated heterocycles. The molecule has 0 aliphatic carbocycles. The summed E-state index contributed by atoms with van der Waals surface area (Å²) in [5.41, 5.74) is 0. The second-order valence-electron chi connectivity index (χ2n) is 2.90. The summed E-state index contributed by atoms with van der Waals surface area (Å²) in [7, 11) is 0. The molecule has 2 nitrogen and oxygen atoms in total. The minimum absolute atomic E-state index is 0.00704. The number of aromatic nitrogens is 2. The number of halogens is 1. The Morgan fingerprint density at radius 1 is 1.45 bits per heavy atom. The lowest BCUT2D eigenvalue weighted by molar-refractivity contribution is 0.568. The maximum Gasteiger partial charge on any atom is 0.126 e. The van der Waals surface area contributed by atoms with E-state index in [1.807, 2.05) is 13.1 Å². The molecule has 1 aromatic rings. The van der Waals surface area contributed by atoms with Crippen LogP contribution < -0.4 is 0 Å². The van der Waals surface area contributed by atoms with Gasteiger partial charge in [0.25, 0.3) is 0 Å². The molecule has 3 heteroatoms. The summed E-state index contributed by atoms with van der Waals surface area (Å²) < 4.78 is 2.08. The largest absolute Gasteiger partial charge is 0.331 e. The topological polar surface area (TPSA) is 17.8 Å². The third-order valence-corrected chi connectivity index (χ3v) is 1.81. The molecule has 1 aromatic heterocycles. The number of hydrogen-bond acceptors (Lipinski definition) is 1. The van der Waals surface area contributed by atoms with Gasteiger partial charge >= 0.3 is 0 Å². The lowest BCUT2D eigenvalue weighted by Gasteiger charge is -2.11. The SMILES string of the molecule is CC(Cl)c1nccn1C(C)C. The van der Waals surface area contributed by atoms with Gasteiger partial charge < -0.3 is 4.57 Å². The molecule has 0 bridgehead atoms. The zero-order valence-electron chi connectivity index (χ0n) is 7.08. The molecule has 0 aliphatic rings. The van der Waals surface area contributed by atoms with E-state index in [-0.39, 0.29) is 5.38 Å². The number of rotatable bonds is 2. The van der Waals surface area contributed by atoms with E-state index < -0.39 is 0 Å². The third kappa shape index (κ3) is 1.74. The van der Waals surface area contributed by atoms with Crippen molar-refractivity contribution in [1.82, 2.24) is 9.55 Å². The average molecular weight is 173 g/mol. The summed E-state index contributed by atoms with van der Waals surface area (Å²) in [4.78, 5) is 4.17. The Kier molecular flexibility index (Phi) is 2.55. The fourth-order valence-electron chi connectivity index (χ4n) is 1.07. The molecule has 0 saturated carbocycles. The average Bonchev–Trinajstić information content (AvgIpc) is 2.32. The van der Waals surface area contributed by atoms with Crippen molar-refractivity contribution in [2.45, 2.75) is 32.2 Å². The summed E-state index contributed by atoms with van der Waals surface area (Å²) in [6, 6.07) is 0.439. The van der Waals surface area contributed by atoms with Gasteiger partial charge in [0, 0.05) is 18.4 Å². The smallest absolute Gasteiger partial charge is 0.126 e. The first-order valence-corrected chi connectivity index (χ1v) is 4.23. The van der Waals surface area contributed by atoms with Crippen LogP contribution in [0.25, 0.3) is 0 Å². The molecule has 1 heterocycles. The highest BCUT2D eigenvalue weighted by Gasteiger charge is 2.09. The first kappa shape index (κ1) is 8.60. The number of nitrogens with zero attached hydrogens (tertiary/aromatic N) is 2. The Morgan fingerprint density at radius 2 is 2.09 bits per heavy atom. The van der Waals surface area contributed by atoms with Gasteiger partial charge in [0.15, 0.2) is 0 Å². The van der Waals surface area contributed by atoms with Crippen LogP contribution in [0.2, 0.25) is 0 Å². The van der Waals surface area contributed by atoms with E-state index in [2.05, 4.69) is 23.4 Å². The van der Waals surface area contributed by atoms with E-state index in [1.54, 1.807) is 6.20 Å². The molecule has 0 radical (unpaired) electrons. The monoisotopic (exact) mass is 172 g/mol. The van der Waals surface area contributed by atoms with Gasteiger partial charge in [-0.25, -0.2) is 4.98 Å². The normalized spacial score (nSPS) is 13.9. The van der Waals surface area contributed by atoms with Crippen molar-refractivity contribution in [3.63, 3.8) is 0 Å². The number of hydrogen-bond donors (Lipinski definition) is 0. The third-order valence-electron chi connectivity index (χ3n) is 1.61. The van der Waals surface area contributed by atoms with Crippen LogP contribution in [0.1, 0.15) is 38.0 Å². The Hall–Kier alpha value is -0.500. The van der Waals surface area contributed by atoms with Crippen LogP contribution in [0.15, 0.2) is 12.4 Å².